The standard InChI is InChI=1S/C9H19BrN2O3S/c1-2-9(3-4-10)11-16(13,14)12-5-7-15-8-6-12/h9,11H,2-8H2,1H3. The summed E-state index contributed by atoms with van der Waals surface area (Å²) in [5.74, 6) is 0. The third-order valence-electron chi connectivity index (χ3n) is 2.58. The monoisotopic (exact) mass is 314 g/mol. The summed E-state index contributed by atoms with van der Waals surface area (Å²) in [4.78, 5) is 0. The molecule has 0 spiro atoms. The summed E-state index contributed by atoms with van der Waals surface area (Å²) in [7, 11) is -3.33. The van der Waals surface area contributed by atoms with Crippen molar-refractivity contribution in [1.82, 2.24) is 9.03 Å². The predicted molar refractivity (Wildman–Crippen MR) is 66.9 cm³/mol. The Bertz CT molecular complexity index is 291. The van der Waals surface area contributed by atoms with Gasteiger partial charge in [0.15, 0.2) is 0 Å². The highest BCUT2D eigenvalue weighted by atomic mass is 79.9. The zero-order valence-corrected chi connectivity index (χ0v) is 11.9. The number of nitrogens with one attached hydrogen (secondary N) is 1. The molecule has 1 atom stereocenters. The van der Waals surface area contributed by atoms with Crippen molar-refractivity contribution >= 4 is 26.1 Å². The highest BCUT2D eigenvalue weighted by molar-refractivity contribution is 9.09. The van der Waals surface area contributed by atoms with Gasteiger partial charge >= 0.3 is 0 Å². The Hall–Kier alpha value is 0.310. The summed E-state index contributed by atoms with van der Waals surface area (Å²) >= 11 is 3.33. The number of morpholine rings is 1. The molecule has 0 bridgehead atoms. The molecule has 0 radical (unpaired) electrons. The molecule has 0 aromatic rings. The average Bonchev–Trinajstić information content (AvgIpc) is 2.29. The average molecular weight is 315 g/mol. The van der Waals surface area contributed by atoms with Crippen LogP contribution in [0.2, 0.25) is 0 Å². The Kier molecular flexibility index (Phi) is 6.20. The first-order chi connectivity index (χ1) is 7.60. The summed E-state index contributed by atoms with van der Waals surface area (Å²) < 4.78 is 33.3. The highest BCUT2D eigenvalue weighted by Gasteiger charge is 2.26. The molecule has 96 valence electrons. The van der Waals surface area contributed by atoms with Gasteiger partial charge in [-0.3, -0.25) is 0 Å². The van der Waals surface area contributed by atoms with Gasteiger partial charge in [0.1, 0.15) is 0 Å². The van der Waals surface area contributed by atoms with Crippen LogP contribution in [0, 0.1) is 0 Å². The number of hydrogen-bond donors (Lipinski definition) is 1. The molecule has 0 aromatic heterocycles. The first kappa shape index (κ1) is 14.4. The zero-order chi connectivity index (χ0) is 12.0. The third-order valence-corrected chi connectivity index (χ3v) is 4.71. The van der Waals surface area contributed by atoms with Crippen LogP contribution < -0.4 is 4.72 Å². The van der Waals surface area contributed by atoms with Crippen molar-refractivity contribution in [1.29, 1.82) is 0 Å². The van der Waals surface area contributed by atoms with Gasteiger partial charge in [0.2, 0.25) is 0 Å². The van der Waals surface area contributed by atoms with Crippen LogP contribution in [-0.2, 0) is 14.9 Å². The molecule has 1 unspecified atom stereocenters. The Morgan fingerprint density at radius 2 is 2.06 bits per heavy atom. The SMILES string of the molecule is CCC(CCBr)NS(=O)(=O)N1CCOCC1. The van der Waals surface area contributed by atoms with Gasteiger partial charge in [0, 0.05) is 24.5 Å². The number of rotatable bonds is 6. The Morgan fingerprint density at radius 3 is 2.56 bits per heavy atom. The van der Waals surface area contributed by atoms with E-state index in [1.165, 1.54) is 4.31 Å². The van der Waals surface area contributed by atoms with E-state index in [4.69, 9.17) is 4.74 Å². The highest BCUT2D eigenvalue weighted by Crippen LogP contribution is 2.07. The summed E-state index contributed by atoms with van der Waals surface area (Å²) in [6, 6.07) is 0.00669. The number of halogens is 1. The van der Waals surface area contributed by atoms with Gasteiger partial charge in [-0.05, 0) is 12.8 Å². The van der Waals surface area contributed by atoms with Gasteiger partial charge in [0.05, 0.1) is 13.2 Å². The van der Waals surface area contributed by atoms with Crippen LogP contribution in [-0.4, -0.2) is 50.4 Å². The second-order valence-electron chi connectivity index (χ2n) is 3.72. The Balaban J connectivity index is 2.54. The molecule has 1 aliphatic rings. The number of hydrogen-bond acceptors (Lipinski definition) is 3. The summed E-state index contributed by atoms with van der Waals surface area (Å²) in [6.07, 6.45) is 1.61. The van der Waals surface area contributed by atoms with Crippen molar-refractivity contribution in [3.05, 3.63) is 0 Å². The topological polar surface area (TPSA) is 58.6 Å². The molecule has 0 saturated carbocycles. The molecular weight excluding hydrogens is 296 g/mol. The summed E-state index contributed by atoms with van der Waals surface area (Å²) in [6.45, 7) is 3.83. The molecule has 1 saturated heterocycles. The lowest BCUT2D eigenvalue weighted by atomic mass is 10.2. The molecule has 1 fully saturated rings. The lowest BCUT2D eigenvalue weighted by Gasteiger charge is -2.28. The second kappa shape index (κ2) is 6.90. The van der Waals surface area contributed by atoms with Crippen molar-refractivity contribution in [2.45, 2.75) is 25.8 Å². The first-order valence-corrected chi connectivity index (χ1v) is 8.07. The fourth-order valence-corrected chi connectivity index (χ4v) is 3.59. The van der Waals surface area contributed by atoms with E-state index in [1.807, 2.05) is 6.92 Å². The van der Waals surface area contributed by atoms with Crippen molar-refractivity contribution in [3.63, 3.8) is 0 Å². The molecule has 1 rings (SSSR count). The molecule has 0 amide bonds. The number of ether oxygens (including phenoxy) is 1. The van der Waals surface area contributed by atoms with Crippen molar-refractivity contribution in [2.24, 2.45) is 0 Å². The van der Waals surface area contributed by atoms with Gasteiger partial charge in [0.25, 0.3) is 10.2 Å². The lowest BCUT2D eigenvalue weighted by molar-refractivity contribution is 0.0723. The molecule has 0 aliphatic carbocycles. The van der Waals surface area contributed by atoms with Crippen LogP contribution in [0.3, 0.4) is 0 Å². The molecule has 0 aromatic carbocycles. The minimum atomic E-state index is -3.33. The van der Waals surface area contributed by atoms with Gasteiger partial charge in [-0.1, -0.05) is 22.9 Å². The fourth-order valence-electron chi connectivity index (χ4n) is 1.55. The van der Waals surface area contributed by atoms with Crippen LogP contribution in [0.15, 0.2) is 0 Å². The second-order valence-corrected chi connectivity index (χ2v) is 6.21. The smallest absolute Gasteiger partial charge is 0.279 e. The quantitative estimate of drug-likeness (QED) is 0.735. The van der Waals surface area contributed by atoms with Crippen LogP contribution in [0.4, 0.5) is 0 Å². The maximum Gasteiger partial charge on any atom is 0.279 e. The molecule has 1 aliphatic heterocycles. The molecular formula is C9H19BrN2O3S. The van der Waals surface area contributed by atoms with E-state index >= 15 is 0 Å². The maximum absolute atomic E-state index is 12.0. The fraction of sp³-hybridized carbons (Fsp3) is 1.00. The zero-order valence-electron chi connectivity index (χ0n) is 9.49. The van der Waals surface area contributed by atoms with E-state index in [0.717, 1.165) is 18.2 Å². The van der Waals surface area contributed by atoms with Crippen molar-refractivity contribution in [2.75, 3.05) is 31.6 Å². The molecule has 7 heteroatoms. The maximum atomic E-state index is 12.0. The van der Waals surface area contributed by atoms with E-state index < -0.39 is 10.2 Å². The van der Waals surface area contributed by atoms with Crippen molar-refractivity contribution < 1.29 is 13.2 Å². The van der Waals surface area contributed by atoms with E-state index in [0.29, 0.717) is 26.3 Å². The molecule has 1 heterocycles. The van der Waals surface area contributed by atoms with Gasteiger partial charge < -0.3 is 4.74 Å². The largest absolute Gasteiger partial charge is 0.379 e. The van der Waals surface area contributed by atoms with Crippen LogP contribution in [0.5, 0.6) is 0 Å². The molecule has 5 nitrogen and oxygen atoms in total. The first-order valence-electron chi connectivity index (χ1n) is 5.51. The lowest BCUT2D eigenvalue weighted by Crippen LogP contribution is -2.49. The normalized spacial score (nSPS) is 20.9. The third kappa shape index (κ3) is 4.29. The minimum absolute atomic E-state index is 0.00669. The molecule has 1 N–H and O–H groups in total. The Labute approximate surface area is 106 Å². The van der Waals surface area contributed by atoms with Crippen molar-refractivity contribution in [3.8, 4) is 0 Å². The number of alkyl halides is 1. The van der Waals surface area contributed by atoms with Gasteiger partial charge in [-0.25, -0.2) is 0 Å². The Morgan fingerprint density at radius 1 is 1.44 bits per heavy atom. The summed E-state index contributed by atoms with van der Waals surface area (Å²) in [5.41, 5.74) is 0. The van der Waals surface area contributed by atoms with E-state index in [1.54, 1.807) is 0 Å². The van der Waals surface area contributed by atoms with E-state index in [-0.39, 0.29) is 6.04 Å². The minimum Gasteiger partial charge on any atom is -0.379 e. The van der Waals surface area contributed by atoms with Gasteiger partial charge in [-0.15, -0.1) is 0 Å². The van der Waals surface area contributed by atoms with E-state index in [9.17, 15) is 8.42 Å². The van der Waals surface area contributed by atoms with Gasteiger partial charge in [-0.2, -0.15) is 17.4 Å². The molecule has 16 heavy (non-hydrogen) atoms. The predicted octanol–water partition coefficient (Wildman–Crippen LogP) is 0.717. The van der Waals surface area contributed by atoms with Crippen LogP contribution in [0.1, 0.15) is 19.8 Å². The van der Waals surface area contributed by atoms with Crippen LogP contribution in [0.25, 0.3) is 0 Å². The van der Waals surface area contributed by atoms with Crippen LogP contribution >= 0.6 is 15.9 Å². The van der Waals surface area contributed by atoms with E-state index in [2.05, 4.69) is 20.7 Å². The number of nitrogens with zero attached hydrogens (tertiary/aromatic N) is 1. The summed E-state index contributed by atoms with van der Waals surface area (Å²) in [5, 5.41) is 0.803.